The smallest absolute Gasteiger partial charge is 0.0920 e. The summed E-state index contributed by atoms with van der Waals surface area (Å²) in [5.41, 5.74) is 1.33. The Morgan fingerprint density at radius 1 is 1.50 bits per heavy atom. The topological polar surface area (TPSA) is 40.5 Å². The van der Waals surface area contributed by atoms with E-state index >= 15 is 0 Å². The molecular formula is C18H26O2. The van der Waals surface area contributed by atoms with E-state index in [0.29, 0.717) is 24.0 Å². The van der Waals surface area contributed by atoms with Gasteiger partial charge in [0.25, 0.3) is 0 Å². The van der Waals surface area contributed by atoms with Gasteiger partial charge in [0.05, 0.1) is 11.9 Å². The van der Waals surface area contributed by atoms with Gasteiger partial charge in [-0.1, -0.05) is 19.1 Å². The molecule has 20 heavy (non-hydrogen) atoms. The molecule has 2 nitrogen and oxygen atoms in total. The molecule has 0 aromatic carbocycles. The van der Waals surface area contributed by atoms with E-state index < -0.39 is 0 Å². The highest BCUT2D eigenvalue weighted by Gasteiger charge is 2.45. The zero-order valence-corrected chi connectivity index (χ0v) is 12.6. The molecule has 2 aliphatic carbocycles. The average Bonchev–Trinajstić information content (AvgIpc) is 2.88. The van der Waals surface area contributed by atoms with Crippen molar-refractivity contribution in [3.05, 3.63) is 24.0 Å². The van der Waals surface area contributed by atoms with Crippen LogP contribution in [-0.2, 0) is 0 Å². The van der Waals surface area contributed by atoms with E-state index in [-0.39, 0.29) is 17.9 Å². The van der Waals surface area contributed by atoms with Crippen LogP contribution in [0.3, 0.4) is 0 Å². The molecule has 0 heterocycles. The van der Waals surface area contributed by atoms with Crippen molar-refractivity contribution >= 4 is 0 Å². The number of aliphatic hydroxyl groups is 2. The summed E-state index contributed by atoms with van der Waals surface area (Å²) in [5.74, 6) is 7.81. The fourth-order valence-electron chi connectivity index (χ4n) is 3.78. The predicted molar refractivity (Wildman–Crippen MR) is 82.0 cm³/mol. The Morgan fingerprint density at radius 2 is 2.25 bits per heavy atom. The van der Waals surface area contributed by atoms with Crippen LogP contribution in [0.15, 0.2) is 24.0 Å². The van der Waals surface area contributed by atoms with Gasteiger partial charge in [-0.15, -0.1) is 11.8 Å². The third-order valence-corrected chi connectivity index (χ3v) is 4.96. The number of hydrogen-bond donors (Lipinski definition) is 2. The molecule has 0 aromatic heterocycles. The quantitative estimate of drug-likeness (QED) is 0.464. The number of fused-ring (bicyclic) bond motifs is 1. The Labute approximate surface area is 122 Å². The van der Waals surface area contributed by atoms with Gasteiger partial charge in [-0.3, -0.25) is 0 Å². The van der Waals surface area contributed by atoms with Crippen molar-refractivity contribution in [2.24, 2.45) is 23.7 Å². The molecule has 0 aliphatic heterocycles. The number of hydrogen-bond acceptors (Lipinski definition) is 2. The lowest BCUT2D eigenvalue weighted by Crippen LogP contribution is -2.18. The van der Waals surface area contributed by atoms with Crippen molar-refractivity contribution in [2.45, 2.75) is 52.1 Å². The minimum Gasteiger partial charge on any atom is -0.512 e. The molecule has 2 saturated carbocycles. The van der Waals surface area contributed by atoms with E-state index in [9.17, 15) is 10.2 Å². The third kappa shape index (κ3) is 3.27. The maximum Gasteiger partial charge on any atom is 0.0920 e. The van der Waals surface area contributed by atoms with Gasteiger partial charge in [0.2, 0.25) is 0 Å². The second-order valence-corrected chi connectivity index (χ2v) is 6.45. The van der Waals surface area contributed by atoms with Gasteiger partial charge < -0.3 is 10.2 Å². The summed E-state index contributed by atoms with van der Waals surface area (Å²) in [6.07, 6.45) is 6.18. The summed E-state index contributed by atoms with van der Waals surface area (Å²) in [4.78, 5) is 0. The minimum absolute atomic E-state index is 0.0790. The maximum absolute atomic E-state index is 10.2. The Bertz CT molecular complexity index is 452. The Balaban J connectivity index is 1.94. The van der Waals surface area contributed by atoms with Gasteiger partial charge in [-0.25, -0.2) is 0 Å². The van der Waals surface area contributed by atoms with E-state index in [0.717, 1.165) is 25.7 Å². The van der Waals surface area contributed by atoms with Crippen LogP contribution in [0.2, 0.25) is 0 Å². The van der Waals surface area contributed by atoms with E-state index in [4.69, 9.17) is 0 Å². The van der Waals surface area contributed by atoms with Crippen molar-refractivity contribution in [3.8, 4) is 11.8 Å². The Morgan fingerprint density at radius 3 is 2.95 bits per heavy atom. The van der Waals surface area contributed by atoms with Crippen LogP contribution in [0.1, 0.15) is 46.0 Å². The lowest BCUT2D eigenvalue weighted by atomic mass is 9.88. The van der Waals surface area contributed by atoms with Crippen LogP contribution in [0.5, 0.6) is 0 Å². The molecule has 2 aliphatic rings. The molecule has 110 valence electrons. The van der Waals surface area contributed by atoms with E-state index in [1.165, 1.54) is 5.57 Å². The lowest BCUT2D eigenvalue weighted by Gasteiger charge is -2.20. The summed E-state index contributed by atoms with van der Waals surface area (Å²) in [7, 11) is 0. The van der Waals surface area contributed by atoms with Gasteiger partial charge in [0.15, 0.2) is 0 Å². The molecule has 5 atom stereocenters. The molecule has 2 heteroatoms. The van der Waals surface area contributed by atoms with Crippen LogP contribution < -0.4 is 0 Å². The molecule has 0 amide bonds. The minimum atomic E-state index is -0.215. The van der Waals surface area contributed by atoms with Crippen molar-refractivity contribution in [3.63, 3.8) is 0 Å². The van der Waals surface area contributed by atoms with Crippen LogP contribution >= 0.6 is 0 Å². The van der Waals surface area contributed by atoms with E-state index in [1.54, 1.807) is 0 Å². The summed E-state index contributed by atoms with van der Waals surface area (Å²) >= 11 is 0. The summed E-state index contributed by atoms with van der Waals surface area (Å²) in [6.45, 7) is 7.89. The van der Waals surface area contributed by atoms with Gasteiger partial charge in [0, 0.05) is 12.3 Å². The van der Waals surface area contributed by atoms with Gasteiger partial charge in [-0.2, -0.15) is 0 Å². The molecule has 2 N–H and O–H groups in total. The summed E-state index contributed by atoms with van der Waals surface area (Å²) < 4.78 is 0. The molecular weight excluding hydrogens is 248 g/mol. The SMILES string of the molecule is C=C1C[C@H]2C[C@@H](O)[C@H](C/C=C(/O)[C@@H](C)CC#CC)[C@@H]2C1. The highest BCUT2D eigenvalue weighted by molar-refractivity contribution is 5.13. The predicted octanol–water partition coefficient (Wildman–Crippen LogP) is 3.83. The van der Waals surface area contributed by atoms with Gasteiger partial charge in [-0.05, 0) is 56.4 Å². The van der Waals surface area contributed by atoms with Crippen LogP contribution in [0, 0.1) is 35.5 Å². The molecule has 0 bridgehead atoms. The second kappa shape index (κ2) is 6.50. The lowest BCUT2D eigenvalue weighted by molar-refractivity contribution is 0.118. The average molecular weight is 274 g/mol. The number of aliphatic hydroxyl groups excluding tert-OH is 2. The maximum atomic E-state index is 10.2. The molecule has 0 radical (unpaired) electrons. The molecule has 2 fully saturated rings. The van der Waals surface area contributed by atoms with Crippen molar-refractivity contribution < 1.29 is 10.2 Å². The first-order valence-electron chi connectivity index (χ1n) is 7.66. The first-order chi connectivity index (χ1) is 9.52. The van der Waals surface area contributed by atoms with Crippen molar-refractivity contribution in [1.29, 1.82) is 0 Å². The fourth-order valence-corrected chi connectivity index (χ4v) is 3.78. The Kier molecular flexibility index (Phi) is 4.94. The van der Waals surface area contributed by atoms with Crippen molar-refractivity contribution in [1.82, 2.24) is 0 Å². The van der Waals surface area contributed by atoms with E-state index in [1.807, 2.05) is 19.9 Å². The summed E-state index contributed by atoms with van der Waals surface area (Å²) in [5, 5.41) is 20.3. The molecule has 0 aromatic rings. The largest absolute Gasteiger partial charge is 0.512 e. The molecule has 2 rings (SSSR count). The highest BCUT2D eigenvalue weighted by Crippen LogP contribution is 2.50. The second-order valence-electron chi connectivity index (χ2n) is 6.45. The normalized spacial score (nSPS) is 34.5. The zero-order chi connectivity index (χ0) is 14.7. The highest BCUT2D eigenvalue weighted by atomic mass is 16.3. The van der Waals surface area contributed by atoms with Crippen LogP contribution in [0.25, 0.3) is 0 Å². The third-order valence-electron chi connectivity index (χ3n) is 4.96. The molecule has 0 unspecified atom stereocenters. The zero-order valence-electron chi connectivity index (χ0n) is 12.6. The van der Waals surface area contributed by atoms with Gasteiger partial charge >= 0.3 is 0 Å². The Hall–Kier alpha value is -1.20. The fraction of sp³-hybridized carbons (Fsp3) is 0.667. The monoisotopic (exact) mass is 274 g/mol. The first-order valence-corrected chi connectivity index (χ1v) is 7.66. The molecule has 0 spiro atoms. The first kappa shape index (κ1) is 15.2. The van der Waals surface area contributed by atoms with Crippen LogP contribution in [-0.4, -0.2) is 16.3 Å². The van der Waals surface area contributed by atoms with E-state index in [2.05, 4.69) is 18.4 Å². The summed E-state index contributed by atoms with van der Waals surface area (Å²) in [6, 6.07) is 0. The number of rotatable bonds is 4. The van der Waals surface area contributed by atoms with Crippen molar-refractivity contribution in [2.75, 3.05) is 0 Å². The number of allylic oxidation sites excluding steroid dienone is 3. The molecule has 0 saturated heterocycles. The standard InChI is InChI=1S/C18H26O2/c1-4-5-6-13(3)17(19)8-7-15-16-10-12(2)9-14(16)11-18(15)20/h8,13-16,18-20H,2,6-7,9-11H2,1,3H3/b17-8+/t13-,14-,15+,16+,18+/m0/s1. The van der Waals surface area contributed by atoms with Crippen LogP contribution in [0.4, 0.5) is 0 Å². The van der Waals surface area contributed by atoms with Gasteiger partial charge in [0.1, 0.15) is 0 Å².